The average Bonchev–Trinajstić information content (AvgIpc) is 2.78. The van der Waals surface area contributed by atoms with E-state index >= 15 is 0 Å². The molecule has 0 bridgehead atoms. The fraction of sp³-hybridized carbons (Fsp3) is 0.462. The van der Waals surface area contributed by atoms with E-state index in [4.69, 9.17) is 4.74 Å². The summed E-state index contributed by atoms with van der Waals surface area (Å²) in [6.07, 6.45) is 1.26. The first-order valence-corrected chi connectivity index (χ1v) is 13.5. The summed E-state index contributed by atoms with van der Waals surface area (Å²) < 4.78 is 45.7. The van der Waals surface area contributed by atoms with Crippen molar-refractivity contribution in [3.8, 4) is 5.75 Å². The van der Waals surface area contributed by atoms with Crippen LogP contribution in [0, 0.1) is 5.82 Å². The molecule has 0 unspecified atom stereocenters. The van der Waals surface area contributed by atoms with E-state index in [1.807, 2.05) is 20.8 Å². The predicted molar refractivity (Wildman–Crippen MR) is 139 cm³/mol. The molecule has 2 aromatic rings. The summed E-state index contributed by atoms with van der Waals surface area (Å²) in [5.41, 5.74) is 0.200. The van der Waals surface area contributed by atoms with Crippen LogP contribution in [-0.2, 0) is 26.2 Å². The highest BCUT2D eigenvalue weighted by Gasteiger charge is 2.29. The summed E-state index contributed by atoms with van der Waals surface area (Å²) >= 11 is 0. The molecular formula is C26H36FN3O5S. The van der Waals surface area contributed by atoms with Gasteiger partial charge in [-0.3, -0.25) is 13.9 Å². The second kappa shape index (κ2) is 12.2. The highest BCUT2D eigenvalue weighted by molar-refractivity contribution is 7.92. The molecule has 0 aliphatic heterocycles. The molecule has 1 N–H and O–H groups in total. The van der Waals surface area contributed by atoms with Gasteiger partial charge >= 0.3 is 0 Å². The topological polar surface area (TPSA) is 96.0 Å². The Hall–Kier alpha value is -3.14. The van der Waals surface area contributed by atoms with Crippen LogP contribution >= 0.6 is 0 Å². The van der Waals surface area contributed by atoms with Crippen LogP contribution in [0.4, 0.5) is 10.1 Å². The van der Waals surface area contributed by atoms with Gasteiger partial charge in [0.2, 0.25) is 21.8 Å². The Kier molecular flexibility index (Phi) is 9.86. The van der Waals surface area contributed by atoms with Crippen LogP contribution in [0.25, 0.3) is 0 Å². The number of halogens is 1. The van der Waals surface area contributed by atoms with Crippen LogP contribution in [0.1, 0.15) is 46.1 Å². The number of ether oxygens (including phenoxy) is 1. The zero-order valence-electron chi connectivity index (χ0n) is 21.7. The molecule has 0 aromatic heterocycles. The third kappa shape index (κ3) is 8.51. The predicted octanol–water partition coefficient (Wildman–Crippen LogP) is 3.71. The Morgan fingerprint density at radius 1 is 1.11 bits per heavy atom. The molecule has 198 valence electrons. The monoisotopic (exact) mass is 521 g/mol. The Bertz CT molecular complexity index is 1160. The lowest BCUT2D eigenvalue weighted by molar-refractivity contribution is -0.141. The van der Waals surface area contributed by atoms with Crippen LogP contribution in [0.5, 0.6) is 5.75 Å². The molecule has 0 saturated carbocycles. The fourth-order valence-corrected chi connectivity index (χ4v) is 4.59. The minimum absolute atomic E-state index is 0.0302. The maximum Gasteiger partial charge on any atom is 0.242 e. The lowest BCUT2D eigenvalue weighted by Gasteiger charge is -2.32. The first-order valence-electron chi connectivity index (χ1n) is 11.7. The first kappa shape index (κ1) is 29.1. The maximum absolute atomic E-state index is 14.4. The Labute approximate surface area is 213 Å². The Morgan fingerprint density at radius 3 is 2.36 bits per heavy atom. The highest BCUT2D eigenvalue weighted by atomic mass is 32.2. The van der Waals surface area contributed by atoms with Crippen LogP contribution in [-0.4, -0.2) is 56.6 Å². The standard InChI is InChI=1S/C26H36FN3O5S/c1-19(25(32)28-26(2,3)4)29(18-20-11-7-8-14-23(20)27)24(31)15-10-16-30(36(6,33)34)21-12-9-13-22(17-21)35-5/h7-9,11-14,17,19H,10,15-16,18H2,1-6H3,(H,28,32)/t19-/m0/s1. The van der Waals surface area contributed by atoms with E-state index in [0.717, 1.165) is 6.26 Å². The summed E-state index contributed by atoms with van der Waals surface area (Å²) in [6.45, 7) is 7.06. The quantitative estimate of drug-likeness (QED) is 0.486. The summed E-state index contributed by atoms with van der Waals surface area (Å²) in [5.74, 6) is -0.706. The fourth-order valence-electron chi connectivity index (χ4n) is 3.64. The minimum atomic E-state index is -3.63. The van der Waals surface area contributed by atoms with Gasteiger partial charge in [0.1, 0.15) is 17.6 Å². The average molecular weight is 522 g/mol. The van der Waals surface area contributed by atoms with Crippen molar-refractivity contribution in [1.82, 2.24) is 10.2 Å². The van der Waals surface area contributed by atoms with E-state index in [-0.39, 0.29) is 43.3 Å². The van der Waals surface area contributed by atoms with E-state index in [2.05, 4.69) is 5.32 Å². The largest absolute Gasteiger partial charge is 0.497 e. The molecule has 1 atom stereocenters. The number of nitrogens with one attached hydrogen (secondary N) is 1. The van der Waals surface area contributed by atoms with E-state index in [1.54, 1.807) is 49.4 Å². The normalized spacial score (nSPS) is 12.5. The van der Waals surface area contributed by atoms with Crippen molar-refractivity contribution >= 4 is 27.5 Å². The zero-order valence-corrected chi connectivity index (χ0v) is 22.6. The van der Waals surface area contributed by atoms with Gasteiger partial charge in [-0.25, -0.2) is 12.8 Å². The van der Waals surface area contributed by atoms with Gasteiger partial charge in [0.25, 0.3) is 0 Å². The van der Waals surface area contributed by atoms with Crippen molar-refractivity contribution in [2.75, 3.05) is 24.2 Å². The minimum Gasteiger partial charge on any atom is -0.497 e. The van der Waals surface area contributed by atoms with Gasteiger partial charge in [-0.05, 0) is 52.3 Å². The van der Waals surface area contributed by atoms with Gasteiger partial charge in [-0.2, -0.15) is 0 Å². The third-order valence-corrected chi connectivity index (χ3v) is 6.65. The van der Waals surface area contributed by atoms with Crippen LogP contribution in [0.2, 0.25) is 0 Å². The molecule has 0 aliphatic rings. The second-order valence-corrected chi connectivity index (χ2v) is 11.6. The number of anilines is 1. The number of rotatable bonds is 11. The van der Waals surface area contributed by atoms with E-state index in [0.29, 0.717) is 11.4 Å². The summed E-state index contributed by atoms with van der Waals surface area (Å²) in [5, 5.41) is 2.86. The molecular weight excluding hydrogens is 485 g/mol. The summed E-state index contributed by atoms with van der Waals surface area (Å²) in [7, 11) is -2.14. The molecule has 36 heavy (non-hydrogen) atoms. The molecule has 8 nitrogen and oxygen atoms in total. The molecule has 0 spiro atoms. The van der Waals surface area contributed by atoms with Gasteiger partial charge in [-0.15, -0.1) is 0 Å². The van der Waals surface area contributed by atoms with Crippen molar-refractivity contribution in [2.24, 2.45) is 0 Å². The van der Waals surface area contributed by atoms with Crippen molar-refractivity contribution < 1.29 is 27.1 Å². The van der Waals surface area contributed by atoms with Gasteiger partial charge in [0.05, 0.1) is 19.1 Å². The van der Waals surface area contributed by atoms with Crippen molar-refractivity contribution in [3.05, 3.63) is 59.9 Å². The third-order valence-electron chi connectivity index (χ3n) is 5.46. The van der Waals surface area contributed by atoms with E-state index in [9.17, 15) is 22.4 Å². The van der Waals surface area contributed by atoms with E-state index < -0.39 is 27.4 Å². The first-order chi connectivity index (χ1) is 16.7. The summed E-state index contributed by atoms with van der Waals surface area (Å²) in [6, 6.07) is 11.9. The number of hydrogen-bond donors (Lipinski definition) is 1. The second-order valence-electron chi connectivity index (χ2n) is 9.67. The number of carbonyl (C=O) groups excluding carboxylic acids is 2. The SMILES string of the molecule is COc1cccc(N(CCCC(=O)N(Cc2ccccc2F)[C@@H](C)C(=O)NC(C)(C)C)S(C)(=O)=O)c1. The molecule has 2 aromatic carbocycles. The van der Waals surface area contributed by atoms with E-state index in [1.165, 1.54) is 22.4 Å². The number of sulfonamides is 1. The molecule has 0 heterocycles. The highest BCUT2D eigenvalue weighted by Crippen LogP contribution is 2.24. The van der Waals surface area contributed by atoms with Gasteiger partial charge in [0, 0.05) is 36.7 Å². The van der Waals surface area contributed by atoms with Crippen LogP contribution in [0.3, 0.4) is 0 Å². The number of hydrogen-bond acceptors (Lipinski definition) is 5. The maximum atomic E-state index is 14.4. The number of carbonyl (C=O) groups is 2. The number of benzene rings is 2. The number of nitrogens with zero attached hydrogens (tertiary/aromatic N) is 2. The molecule has 10 heteroatoms. The smallest absolute Gasteiger partial charge is 0.242 e. The Balaban J connectivity index is 2.21. The van der Waals surface area contributed by atoms with Crippen molar-refractivity contribution in [2.45, 2.75) is 58.7 Å². The number of amides is 2. The van der Waals surface area contributed by atoms with Crippen LogP contribution < -0.4 is 14.4 Å². The molecule has 0 aliphatic carbocycles. The lowest BCUT2D eigenvalue weighted by Crippen LogP contribution is -2.52. The van der Waals surface area contributed by atoms with Crippen molar-refractivity contribution in [1.29, 1.82) is 0 Å². The lowest BCUT2D eigenvalue weighted by atomic mass is 10.1. The zero-order chi connectivity index (χ0) is 27.1. The van der Waals surface area contributed by atoms with Gasteiger partial charge in [0.15, 0.2) is 0 Å². The molecule has 2 rings (SSSR count). The van der Waals surface area contributed by atoms with Gasteiger partial charge < -0.3 is 15.0 Å². The van der Waals surface area contributed by atoms with Crippen molar-refractivity contribution in [3.63, 3.8) is 0 Å². The van der Waals surface area contributed by atoms with Crippen LogP contribution in [0.15, 0.2) is 48.5 Å². The Morgan fingerprint density at radius 2 is 1.78 bits per heavy atom. The number of methoxy groups -OCH3 is 1. The summed E-state index contributed by atoms with van der Waals surface area (Å²) in [4.78, 5) is 27.4. The molecule has 0 saturated heterocycles. The molecule has 2 amide bonds. The molecule has 0 fully saturated rings. The molecule has 0 radical (unpaired) electrons. The van der Waals surface area contributed by atoms with Gasteiger partial charge in [-0.1, -0.05) is 24.3 Å².